The molecule has 0 unspecified atom stereocenters. The SMILES string of the molecule is CSc1ccc(-c2noc(-c3sccc3S(=O)(=O)N(C)c3ccc(C)c(C)c3)n2)cc1. The van der Waals surface area contributed by atoms with Crippen LogP contribution in [0.2, 0.25) is 0 Å². The maximum Gasteiger partial charge on any atom is 0.269 e. The first-order chi connectivity index (χ1) is 14.8. The van der Waals surface area contributed by atoms with Crippen LogP contribution < -0.4 is 4.31 Å². The molecule has 0 amide bonds. The predicted molar refractivity (Wildman–Crippen MR) is 126 cm³/mol. The standard InChI is InChI=1S/C22H21N3O3S3/c1-14-5-8-17(13-15(14)2)25(3)31(26,27)19-11-12-30-20(19)22-23-21(24-28-22)16-6-9-18(29-4)10-7-16/h5-13H,1-4H3. The van der Waals surface area contributed by atoms with E-state index in [0.717, 1.165) is 21.6 Å². The molecule has 160 valence electrons. The molecule has 6 nitrogen and oxygen atoms in total. The number of aryl methyl sites for hydroxylation is 2. The second-order valence-electron chi connectivity index (χ2n) is 7.01. The van der Waals surface area contributed by atoms with Crippen molar-refractivity contribution in [1.29, 1.82) is 0 Å². The molecule has 0 bridgehead atoms. The van der Waals surface area contributed by atoms with Gasteiger partial charge in [-0.25, -0.2) is 8.42 Å². The lowest BCUT2D eigenvalue weighted by Gasteiger charge is -2.20. The largest absolute Gasteiger partial charge is 0.333 e. The molecule has 0 radical (unpaired) electrons. The number of hydrogen-bond donors (Lipinski definition) is 0. The van der Waals surface area contributed by atoms with Crippen molar-refractivity contribution in [2.24, 2.45) is 0 Å². The number of thioether (sulfide) groups is 1. The highest BCUT2D eigenvalue weighted by Crippen LogP contribution is 2.36. The third-order valence-electron chi connectivity index (χ3n) is 5.09. The first-order valence-electron chi connectivity index (χ1n) is 9.43. The molecular formula is C22H21N3O3S3. The molecular weight excluding hydrogens is 450 g/mol. The zero-order valence-electron chi connectivity index (χ0n) is 17.5. The number of anilines is 1. The molecule has 0 atom stereocenters. The van der Waals surface area contributed by atoms with E-state index in [1.807, 2.05) is 56.5 Å². The Morgan fingerprint density at radius 1 is 1.03 bits per heavy atom. The van der Waals surface area contributed by atoms with Gasteiger partial charge in [0.15, 0.2) is 0 Å². The molecule has 2 aromatic carbocycles. The molecule has 0 aliphatic rings. The van der Waals surface area contributed by atoms with Crippen molar-refractivity contribution in [1.82, 2.24) is 10.1 Å². The molecule has 0 spiro atoms. The van der Waals surface area contributed by atoms with Gasteiger partial charge in [0.1, 0.15) is 9.77 Å². The van der Waals surface area contributed by atoms with E-state index < -0.39 is 10.0 Å². The molecule has 4 aromatic rings. The van der Waals surface area contributed by atoms with Crippen LogP contribution in [0.1, 0.15) is 11.1 Å². The fourth-order valence-electron chi connectivity index (χ4n) is 3.04. The van der Waals surface area contributed by atoms with E-state index in [9.17, 15) is 8.42 Å². The smallest absolute Gasteiger partial charge is 0.269 e. The van der Waals surface area contributed by atoms with Crippen molar-refractivity contribution in [3.05, 3.63) is 65.0 Å². The molecule has 2 aromatic heterocycles. The van der Waals surface area contributed by atoms with Crippen molar-refractivity contribution in [2.45, 2.75) is 23.6 Å². The van der Waals surface area contributed by atoms with Gasteiger partial charge in [0, 0.05) is 17.5 Å². The van der Waals surface area contributed by atoms with Crippen LogP contribution in [-0.4, -0.2) is 31.9 Å². The molecule has 9 heteroatoms. The van der Waals surface area contributed by atoms with Gasteiger partial charge < -0.3 is 4.52 Å². The van der Waals surface area contributed by atoms with E-state index in [-0.39, 0.29) is 10.8 Å². The van der Waals surface area contributed by atoms with Crippen molar-refractivity contribution in [3.8, 4) is 22.2 Å². The average Bonchev–Trinajstić information content (AvgIpc) is 3.45. The van der Waals surface area contributed by atoms with Crippen molar-refractivity contribution < 1.29 is 12.9 Å². The van der Waals surface area contributed by atoms with E-state index in [0.29, 0.717) is 16.4 Å². The molecule has 0 fully saturated rings. The van der Waals surface area contributed by atoms with Gasteiger partial charge in [-0.1, -0.05) is 11.2 Å². The number of benzene rings is 2. The van der Waals surface area contributed by atoms with Crippen LogP contribution in [0.3, 0.4) is 0 Å². The van der Waals surface area contributed by atoms with Gasteiger partial charge >= 0.3 is 0 Å². The summed E-state index contributed by atoms with van der Waals surface area (Å²) in [5.74, 6) is 0.605. The van der Waals surface area contributed by atoms with E-state index in [1.165, 1.54) is 15.6 Å². The molecule has 31 heavy (non-hydrogen) atoms. The van der Waals surface area contributed by atoms with Crippen molar-refractivity contribution in [2.75, 3.05) is 17.6 Å². The second-order valence-corrected chi connectivity index (χ2v) is 10.7. The maximum atomic E-state index is 13.4. The third-order valence-corrected chi connectivity index (χ3v) is 8.69. The minimum atomic E-state index is -3.81. The number of sulfonamides is 1. The zero-order chi connectivity index (χ0) is 22.2. The van der Waals surface area contributed by atoms with E-state index in [2.05, 4.69) is 10.1 Å². The number of hydrogen-bond acceptors (Lipinski definition) is 7. The summed E-state index contributed by atoms with van der Waals surface area (Å²) in [6, 6.07) is 14.9. The molecule has 0 N–H and O–H groups in total. The fraction of sp³-hybridized carbons (Fsp3) is 0.182. The average molecular weight is 472 g/mol. The zero-order valence-corrected chi connectivity index (χ0v) is 19.9. The van der Waals surface area contributed by atoms with Crippen LogP contribution in [0.4, 0.5) is 5.69 Å². The van der Waals surface area contributed by atoms with Gasteiger partial charge in [-0.3, -0.25) is 4.31 Å². The monoisotopic (exact) mass is 471 g/mol. The van der Waals surface area contributed by atoms with Crippen LogP contribution in [0.5, 0.6) is 0 Å². The van der Waals surface area contributed by atoms with Gasteiger partial charge in [0.2, 0.25) is 5.82 Å². The topological polar surface area (TPSA) is 76.3 Å². The molecule has 2 heterocycles. The summed E-state index contributed by atoms with van der Waals surface area (Å²) in [6.45, 7) is 3.95. The van der Waals surface area contributed by atoms with Gasteiger partial charge in [-0.15, -0.1) is 23.1 Å². The molecule has 4 rings (SSSR count). The van der Waals surface area contributed by atoms with Crippen molar-refractivity contribution >= 4 is 38.8 Å². The Kier molecular flexibility index (Phi) is 5.92. The van der Waals surface area contributed by atoms with Crippen LogP contribution >= 0.6 is 23.1 Å². The Morgan fingerprint density at radius 2 is 1.77 bits per heavy atom. The van der Waals surface area contributed by atoms with Crippen LogP contribution in [0.25, 0.3) is 22.2 Å². The fourth-order valence-corrected chi connectivity index (χ4v) is 5.95. The highest BCUT2D eigenvalue weighted by Gasteiger charge is 2.28. The number of nitrogens with zero attached hydrogens (tertiary/aromatic N) is 3. The Balaban J connectivity index is 1.68. The molecule has 0 saturated carbocycles. The number of rotatable bonds is 6. The summed E-state index contributed by atoms with van der Waals surface area (Å²) < 4.78 is 33.5. The van der Waals surface area contributed by atoms with Crippen molar-refractivity contribution in [3.63, 3.8) is 0 Å². The summed E-state index contributed by atoms with van der Waals surface area (Å²) in [5.41, 5.74) is 3.54. The Hall–Kier alpha value is -2.62. The Labute approximate surface area is 190 Å². The van der Waals surface area contributed by atoms with E-state index >= 15 is 0 Å². The van der Waals surface area contributed by atoms with Crippen LogP contribution in [0, 0.1) is 13.8 Å². The second kappa shape index (κ2) is 8.49. The summed E-state index contributed by atoms with van der Waals surface area (Å²) in [7, 11) is -2.26. The van der Waals surface area contributed by atoms with Crippen LogP contribution in [-0.2, 0) is 10.0 Å². The molecule has 0 saturated heterocycles. The normalized spacial score (nSPS) is 11.6. The summed E-state index contributed by atoms with van der Waals surface area (Å²) in [4.78, 5) is 6.16. The minimum absolute atomic E-state index is 0.145. The van der Waals surface area contributed by atoms with Gasteiger partial charge in [0.05, 0.1) is 5.69 Å². The van der Waals surface area contributed by atoms with Gasteiger partial charge in [-0.2, -0.15) is 4.98 Å². The lowest BCUT2D eigenvalue weighted by Crippen LogP contribution is -2.26. The Bertz CT molecular complexity index is 1330. The molecule has 0 aliphatic carbocycles. The summed E-state index contributed by atoms with van der Waals surface area (Å²) >= 11 is 2.91. The first-order valence-corrected chi connectivity index (χ1v) is 13.0. The number of thiophene rings is 1. The van der Waals surface area contributed by atoms with Crippen LogP contribution in [0.15, 0.2) is 68.2 Å². The lowest BCUT2D eigenvalue weighted by molar-refractivity contribution is 0.432. The maximum absolute atomic E-state index is 13.4. The highest BCUT2D eigenvalue weighted by atomic mass is 32.2. The first kappa shape index (κ1) is 21.6. The minimum Gasteiger partial charge on any atom is -0.333 e. The summed E-state index contributed by atoms with van der Waals surface area (Å²) in [5, 5.41) is 5.77. The lowest BCUT2D eigenvalue weighted by atomic mass is 10.1. The highest BCUT2D eigenvalue weighted by molar-refractivity contribution is 7.98. The van der Waals surface area contributed by atoms with E-state index in [4.69, 9.17) is 4.52 Å². The third kappa shape index (κ3) is 4.13. The van der Waals surface area contributed by atoms with Gasteiger partial charge in [0.25, 0.3) is 15.9 Å². The van der Waals surface area contributed by atoms with E-state index in [1.54, 1.807) is 36.3 Å². The van der Waals surface area contributed by atoms with Gasteiger partial charge in [-0.05, 0) is 79.1 Å². The predicted octanol–water partition coefficient (Wildman–Crippen LogP) is 5.63. The quantitative estimate of drug-likeness (QED) is 0.339. The Morgan fingerprint density at radius 3 is 2.45 bits per heavy atom. The molecule has 0 aliphatic heterocycles. The summed E-state index contributed by atoms with van der Waals surface area (Å²) in [6.07, 6.45) is 2.01. The number of aromatic nitrogens is 2.